The number of hydrogen-bond acceptors (Lipinski definition) is 7. The van der Waals surface area contributed by atoms with Gasteiger partial charge in [-0.3, -0.25) is 4.79 Å². The van der Waals surface area contributed by atoms with Gasteiger partial charge in [-0.15, -0.1) is 0 Å². The molecule has 0 radical (unpaired) electrons. The number of nitrogens with zero attached hydrogens (tertiary/aromatic N) is 5. The van der Waals surface area contributed by atoms with Crippen molar-refractivity contribution in [2.75, 3.05) is 30.4 Å². The molecule has 9 nitrogen and oxygen atoms in total. The van der Waals surface area contributed by atoms with Crippen LogP contribution in [0.15, 0.2) is 30.9 Å². The monoisotopic (exact) mass is 407 g/mol. The highest BCUT2D eigenvalue weighted by atomic mass is 16.5. The molecule has 2 fully saturated rings. The summed E-state index contributed by atoms with van der Waals surface area (Å²) in [5.74, 6) is 1.08. The van der Waals surface area contributed by atoms with Crippen molar-refractivity contribution < 1.29 is 9.53 Å². The average Bonchev–Trinajstić information content (AvgIpc) is 3.29. The van der Waals surface area contributed by atoms with Crippen LogP contribution in [0.4, 0.5) is 11.5 Å². The lowest BCUT2D eigenvalue weighted by molar-refractivity contribution is 0.102. The molecule has 156 valence electrons. The van der Waals surface area contributed by atoms with E-state index in [0.29, 0.717) is 29.2 Å². The first kappa shape index (κ1) is 18.8. The molecule has 2 aliphatic rings. The number of ether oxygens (including phenoxy) is 1. The normalized spacial score (nSPS) is 18.7. The van der Waals surface area contributed by atoms with Crippen LogP contribution in [0.1, 0.15) is 35.4 Å². The predicted octanol–water partition coefficient (Wildman–Crippen LogP) is 2.02. The Morgan fingerprint density at radius 3 is 2.77 bits per heavy atom. The third kappa shape index (κ3) is 3.80. The Kier molecular flexibility index (Phi) is 4.74. The molecule has 2 N–H and O–H groups in total. The van der Waals surface area contributed by atoms with E-state index >= 15 is 0 Å². The standard InChI is InChI=1S/C21H25N7O2/c1-13-10-28-12-16(7-18(30-2)20(28)24-13)26-21(29)17-8-23-19(9-22-17)27-6-5-15(11-27)25-14-3-4-14/h7-10,12,14-15,25H,3-6,11H2,1-2H3,(H,26,29)/t15-/m1/s1. The second kappa shape index (κ2) is 7.56. The number of amides is 1. The van der Waals surface area contributed by atoms with Gasteiger partial charge in [0, 0.05) is 43.6 Å². The van der Waals surface area contributed by atoms with Crippen LogP contribution in [0.5, 0.6) is 5.75 Å². The molecule has 0 spiro atoms. The fraction of sp³-hybridized carbons (Fsp3) is 0.429. The first-order chi connectivity index (χ1) is 14.6. The molecule has 1 amide bonds. The number of pyridine rings is 1. The third-order valence-electron chi connectivity index (χ3n) is 5.55. The summed E-state index contributed by atoms with van der Waals surface area (Å²) in [6, 6.07) is 2.97. The number of anilines is 2. The molecule has 3 aromatic rings. The van der Waals surface area contributed by atoms with Crippen LogP contribution < -0.4 is 20.3 Å². The molecule has 4 heterocycles. The molecular formula is C21H25N7O2. The summed E-state index contributed by atoms with van der Waals surface area (Å²) < 4.78 is 7.24. The minimum atomic E-state index is -0.318. The van der Waals surface area contributed by atoms with Gasteiger partial charge in [-0.25, -0.2) is 15.0 Å². The topological polar surface area (TPSA) is 96.7 Å². The lowest BCUT2D eigenvalue weighted by Gasteiger charge is -2.17. The molecule has 9 heteroatoms. The van der Waals surface area contributed by atoms with Crippen LogP contribution in [-0.4, -0.2) is 57.5 Å². The minimum absolute atomic E-state index is 0.270. The Bertz CT molecular complexity index is 1070. The molecule has 30 heavy (non-hydrogen) atoms. The lowest BCUT2D eigenvalue weighted by Crippen LogP contribution is -2.34. The average molecular weight is 407 g/mol. The molecule has 5 rings (SSSR count). The number of nitrogens with one attached hydrogen (secondary N) is 2. The van der Waals surface area contributed by atoms with E-state index in [9.17, 15) is 4.79 Å². The molecule has 1 aliphatic carbocycles. The molecule has 1 saturated carbocycles. The smallest absolute Gasteiger partial charge is 0.275 e. The van der Waals surface area contributed by atoms with E-state index in [2.05, 4.69) is 30.5 Å². The van der Waals surface area contributed by atoms with E-state index in [0.717, 1.165) is 31.0 Å². The Morgan fingerprint density at radius 1 is 1.17 bits per heavy atom. The second-order valence-electron chi connectivity index (χ2n) is 8.00. The van der Waals surface area contributed by atoms with Gasteiger partial charge in [0.05, 0.1) is 30.9 Å². The molecular weight excluding hydrogens is 382 g/mol. The van der Waals surface area contributed by atoms with Crippen molar-refractivity contribution in [2.24, 2.45) is 0 Å². The summed E-state index contributed by atoms with van der Waals surface area (Å²) in [5.41, 5.74) is 2.44. The summed E-state index contributed by atoms with van der Waals surface area (Å²) in [4.78, 5) is 28.1. The van der Waals surface area contributed by atoms with E-state index in [1.54, 1.807) is 25.6 Å². The van der Waals surface area contributed by atoms with Gasteiger partial charge in [-0.1, -0.05) is 0 Å². The number of methoxy groups -OCH3 is 1. The SMILES string of the molecule is COc1cc(NC(=O)c2cnc(N3CC[C@@H](NC4CC4)C3)cn2)cn2cc(C)nc12. The van der Waals surface area contributed by atoms with Crippen molar-refractivity contribution in [1.82, 2.24) is 24.7 Å². The lowest BCUT2D eigenvalue weighted by atomic mass is 10.2. The summed E-state index contributed by atoms with van der Waals surface area (Å²) in [7, 11) is 1.58. The molecule has 0 unspecified atom stereocenters. The van der Waals surface area contributed by atoms with Crippen molar-refractivity contribution in [1.29, 1.82) is 0 Å². The van der Waals surface area contributed by atoms with Gasteiger partial charge in [0.25, 0.3) is 5.91 Å². The van der Waals surface area contributed by atoms with E-state index in [-0.39, 0.29) is 11.6 Å². The van der Waals surface area contributed by atoms with E-state index in [1.165, 1.54) is 19.0 Å². The zero-order chi connectivity index (χ0) is 20.7. The zero-order valence-electron chi connectivity index (χ0n) is 17.1. The number of imidazole rings is 1. The van der Waals surface area contributed by atoms with Crippen molar-refractivity contribution in [2.45, 2.75) is 38.3 Å². The largest absolute Gasteiger partial charge is 0.493 e. The van der Waals surface area contributed by atoms with Gasteiger partial charge in [0.1, 0.15) is 11.5 Å². The van der Waals surface area contributed by atoms with E-state index in [4.69, 9.17) is 4.74 Å². The van der Waals surface area contributed by atoms with E-state index < -0.39 is 0 Å². The maximum Gasteiger partial charge on any atom is 0.275 e. The van der Waals surface area contributed by atoms with Crippen LogP contribution in [-0.2, 0) is 0 Å². The van der Waals surface area contributed by atoms with Crippen LogP contribution in [0.25, 0.3) is 5.65 Å². The Morgan fingerprint density at radius 2 is 2.03 bits per heavy atom. The van der Waals surface area contributed by atoms with Crippen molar-refractivity contribution in [3.05, 3.63) is 42.2 Å². The van der Waals surface area contributed by atoms with Crippen LogP contribution in [0, 0.1) is 6.92 Å². The highest BCUT2D eigenvalue weighted by molar-refractivity contribution is 6.02. The zero-order valence-corrected chi connectivity index (χ0v) is 17.1. The molecule has 0 bridgehead atoms. The fourth-order valence-corrected chi connectivity index (χ4v) is 3.89. The van der Waals surface area contributed by atoms with Crippen LogP contribution in [0.2, 0.25) is 0 Å². The maximum absolute atomic E-state index is 12.7. The minimum Gasteiger partial charge on any atom is -0.493 e. The highest BCUT2D eigenvalue weighted by Gasteiger charge is 2.29. The summed E-state index contributed by atoms with van der Waals surface area (Å²) >= 11 is 0. The van der Waals surface area contributed by atoms with Crippen molar-refractivity contribution >= 4 is 23.1 Å². The number of carbonyl (C=O) groups is 1. The van der Waals surface area contributed by atoms with Gasteiger partial charge >= 0.3 is 0 Å². The number of carbonyl (C=O) groups excluding carboxylic acids is 1. The Hall–Kier alpha value is -3.20. The quantitative estimate of drug-likeness (QED) is 0.645. The van der Waals surface area contributed by atoms with Crippen molar-refractivity contribution in [3.63, 3.8) is 0 Å². The first-order valence-electron chi connectivity index (χ1n) is 10.3. The Labute approximate surface area is 174 Å². The third-order valence-corrected chi connectivity index (χ3v) is 5.55. The highest BCUT2D eigenvalue weighted by Crippen LogP contribution is 2.25. The van der Waals surface area contributed by atoms with Gasteiger partial charge < -0.3 is 24.7 Å². The molecule has 1 saturated heterocycles. The van der Waals surface area contributed by atoms with E-state index in [1.807, 2.05) is 17.5 Å². The number of fused-ring (bicyclic) bond motifs is 1. The van der Waals surface area contributed by atoms with Gasteiger partial charge in [0.2, 0.25) is 0 Å². The summed E-state index contributed by atoms with van der Waals surface area (Å²) in [6.07, 6.45) is 10.6. The molecule has 1 atom stereocenters. The van der Waals surface area contributed by atoms with Crippen LogP contribution >= 0.6 is 0 Å². The van der Waals surface area contributed by atoms with Gasteiger partial charge in [0.15, 0.2) is 11.4 Å². The van der Waals surface area contributed by atoms with Gasteiger partial charge in [-0.2, -0.15) is 0 Å². The maximum atomic E-state index is 12.7. The molecule has 3 aromatic heterocycles. The molecule has 0 aromatic carbocycles. The van der Waals surface area contributed by atoms with Crippen molar-refractivity contribution in [3.8, 4) is 5.75 Å². The number of aryl methyl sites for hydroxylation is 1. The number of rotatable bonds is 6. The first-order valence-corrected chi connectivity index (χ1v) is 10.3. The number of hydrogen-bond donors (Lipinski definition) is 2. The molecule has 1 aliphatic heterocycles. The predicted molar refractivity (Wildman–Crippen MR) is 113 cm³/mol. The Balaban J connectivity index is 1.27. The fourth-order valence-electron chi connectivity index (χ4n) is 3.89. The summed E-state index contributed by atoms with van der Waals surface area (Å²) in [6.45, 7) is 3.79. The number of aromatic nitrogens is 4. The van der Waals surface area contributed by atoms with Gasteiger partial charge in [-0.05, 0) is 26.2 Å². The summed E-state index contributed by atoms with van der Waals surface area (Å²) in [5, 5.41) is 6.53. The second-order valence-corrected chi connectivity index (χ2v) is 8.00. The van der Waals surface area contributed by atoms with Crippen LogP contribution in [0.3, 0.4) is 0 Å².